The molecule has 0 aliphatic carbocycles. The van der Waals surface area contributed by atoms with E-state index in [1.807, 2.05) is 35.2 Å². The number of nitrogens with one attached hydrogen (secondary N) is 1. The van der Waals surface area contributed by atoms with Gasteiger partial charge in [0.05, 0.1) is 5.69 Å². The van der Waals surface area contributed by atoms with E-state index in [1.165, 1.54) is 0 Å². The van der Waals surface area contributed by atoms with Crippen molar-refractivity contribution in [3.63, 3.8) is 0 Å². The van der Waals surface area contributed by atoms with E-state index in [1.54, 1.807) is 12.4 Å². The summed E-state index contributed by atoms with van der Waals surface area (Å²) in [5.74, 6) is 0.468. The Labute approximate surface area is 142 Å². The lowest BCUT2D eigenvalue weighted by Gasteiger charge is -2.34. The molecule has 0 spiro atoms. The number of anilines is 1. The maximum Gasteiger partial charge on any atom is 0.321 e. The number of hydrogen-bond donors (Lipinski definition) is 2. The zero-order valence-electron chi connectivity index (χ0n) is 13.8. The van der Waals surface area contributed by atoms with Gasteiger partial charge >= 0.3 is 6.03 Å². The molecule has 0 bridgehead atoms. The van der Waals surface area contributed by atoms with Crippen molar-refractivity contribution >= 4 is 22.5 Å². The van der Waals surface area contributed by atoms with Crippen LogP contribution in [0.2, 0.25) is 0 Å². The van der Waals surface area contributed by atoms with Gasteiger partial charge in [-0.3, -0.25) is 4.98 Å². The first-order chi connectivity index (χ1) is 11.7. The Bertz CT molecular complexity index is 717. The first-order valence-electron chi connectivity index (χ1n) is 8.44. The van der Waals surface area contributed by atoms with Crippen molar-refractivity contribution in [3.8, 4) is 0 Å². The molecule has 5 nitrogen and oxygen atoms in total. The minimum Gasteiger partial charge on any atom is -0.327 e. The van der Waals surface area contributed by atoms with E-state index < -0.39 is 0 Å². The van der Waals surface area contributed by atoms with Gasteiger partial charge in [-0.05, 0) is 37.3 Å². The summed E-state index contributed by atoms with van der Waals surface area (Å²) in [4.78, 5) is 18.6. The number of carbonyl (C=O) groups is 1. The summed E-state index contributed by atoms with van der Waals surface area (Å²) in [6.07, 6.45) is 8.14. The van der Waals surface area contributed by atoms with Crippen molar-refractivity contribution in [2.24, 2.45) is 11.7 Å². The van der Waals surface area contributed by atoms with Crippen LogP contribution >= 0.6 is 0 Å². The Morgan fingerprint density at radius 1 is 1.42 bits per heavy atom. The summed E-state index contributed by atoms with van der Waals surface area (Å²) in [7, 11) is 0. The topological polar surface area (TPSA) is 71.2 Å². The summed E-state index contributed by atoms with van der Waals surface area (Å²) < 4.78 is 0. The van der Waals surface area contributed by atoms with Gasteiger partial charge in [-0.25, -0.2) is 4.79 Å². The lowest BCUT2D eigenvalue weighted by atomic mass is 9.88. The van der Waals surface area contributed by atoms with E-state index in [9.17, 15) is 4.79 Å². The van der Waals surface area contributed by atoms with Crippen LogP contribution in [0, 0.1) is 5.92 Å². The van der Waals surface area contributed by atoms with Gasteiger partial charge in [0.25, 0.3) is 0 Å². The average Bonchev–Trinajstić information content (AvgIpc) is 2.62. The molecule has 1 aliphatic rings. The second-order valence-electron chi connectivity index (χ2n) is 6.35. The molecule has 1 aromatic heterocycles. The minimum absolute atomic E-state index is 0.0462. The number of fused-ring (bicyclic) bond motifs is 1. The van der Waals surface area contributed by atoms with Gasteiger partial charge in [-0.1, -0.05) is 18.2 Å². The number of carbonyl (C=O) groups excluding carboxylic acids is 1. The van der Waals surface area contributed by atoms with Crippen molar-refractivity contribution in [2.45, 2.75) is 25.3 Å². The minimum atomic E-state index is -0.0462. The number of nitrogens with zero attached hydrogens (tertiary/aromatic N) is 2. The molecule has 126 valence electrons. The highest BCUT2D eigenvalue weighted by Gasteiger charge is 2.26. The molecule has 1 fully saturated rings. The summed E-state index contributed by atoms with van der Waals surface area (Å²) in [5.41, 5.74) is 6.99. The highest BCUT2D eigenvalue weighted by Crippen LogP contribution is 2.25. The van der Waals surface area contributed by atoms with Crippen LogP contribution in [-0.2, 0) is 0 Å². The first kappa shape index (κ1) is 16.5. The molecular weight excluding hydrogens is 300 g/mol. The number of likely N-dealkylation sites (tertiary alicyclic amines) is 1. The summed E-state index contributed by atoms with van der Waals surface area (Å²) in [6, 6.07) is 7.87. The van der Waals surface area contributed by atoms with Crippen LogP contribution in [0.15, 0.2) is 49.3 Å². The Kier molecular flexibility index (Phi) is 5.11. The molecule has 1 saturated heterocycles. The normalized spacial score (nSPS) is 16.8. The van der Waals surface area contributed by atoms with Crippen LogP contribution in [0.3, 0.4) is 0 Å². The van der Waals surface area contributed by atoms with Crippen molar-refractivity contribution in [1.82, 2.24) is 9.88 Å². The molecule has 3 rings (SSSR count). The van der Waals surface area contributed by atoms with Gasteiger partial charge in [0.1, 0.15) is 0 Å². The van der Waals surface area contributed by atoms with Crippen molar-refractivity contribution in [3.05, 3.63) is 49.3 Å². The molecule has 2 heterocycles. The number of benzene rings is 1. The van der Waals surface area contributed by atoms with E-state index in [4.69, 9.17) is 5.73 Å². The zero-order chi connectivity index (χ0) is 16.9. The number of aromatic nitrogens is 1. The molecule has 1 unspecified atom stereocenters. The van der Waals surface area contributed by atoms with Crippen LogP contribution in [0.5, 0.6) is 0 Å². The number of hydrogen-bond acceptors (Lipinski definition) is 3. The number of rotatable bonds is 4. The van der Waals surface area contributed by atoms with Crippen LogP contribution in [0.25, 0.3) is 10.8 Å². The molecule has 5 heteroatoms. The molecule has 0 saturated carbocycles. The fourth-order valence-corrected chi connectivity index (χ4v) is 3.34. The molecule has 2 aromatic rings. The predicted octanol–water partition coefficient (Wildman–Crippen LogP) is 3.38. The quantitative estimate of drug-likeness (QED) is 0.847. The highest BCUT2D eigenvalue weighted by atomic mass is 16.2. The summed E-state index contributed by atoms with van der Waals surface area (Å²) in [5, 5.41) is 5.06. The van der Waals surface area contributed by atoms with Crippen molar-refractivity contribution < 1.29 is 4.79 Å². The molecule has 2 amide bonds. The maximum absolute atomic E-state index is 12.6. The molecule has 0 radical (unpaired) electrons. The summed E-state index contributed by atoms with van der Waals surface area (Å²) >= 11 is 0. The molecule has 1 atom stereocenters. The SMILES string of the molecule is C=CCC(N)C1CCN(C(=O)Nc2cccc3cnccc23)CC1. The van der Waals surface area contributed by atoms with Crippen molar-refractivity contribution in [2.75, 3.05) is 18.4 Å². The second-order valence-corrected chi connectivity index (χ2v) is 6.35. The van der Waals surface area contributed by atoms with E-state index >= 15 is 0 Å². The fourth-order valence-electron chi connectivity index (χ4n) is 3.34. The highest BCUT2D eigenvalue weighted by molar-refractivity contribution is 6.01. The third kappa shape index (κ3) is 3.57. The number of pyridine rings is 1. The van der Waals surface area contributed by atoms with Crippen LogP contribution in [-0.4, -0.2) is 35.0 Å². The van der Waals surface area contributed by atoms with E-state index in [2.05, 4.69) is 16.9 Å². The molecular formula is C19H24N4O. The van der Waals surface area contributed by atoms with E-state index in [-0.39, 0.29) is 12.1 Å². The average molecular weight is 324 g/mol. The molecule has 1 aliphatic heterocycles. The monoisotopic (exact) mass is 324 g/mol. The largest absolute Gasteiger partial charge is 0.327 e. The number of piperidine rings is 1. The van der Waals surface area contributed by atoms with E-state index in [0.717, 1.165) is 48.8 Å². The van der Waals surface area contributed by atoms with Gasteiger partial charge in [0.2, 0.25) is 0 Å². The lowest BCUT2D eigenvalue weighted by molar-refractivity contribution is 0.174. The maximum atomic E-state index is 12.6. The van der Waals surface area contributed by atoms with Crippen molar-refractivity contribution in [1.29, 1.82) is 0 Å². The van der Waals surface area contributed by atoms with Crippen LogP contribution in [0.1, 0.15) is 19.3 Å². The molecule has 24 heavy (non-hydrogen) atoms. The summed E-state index contributed by atoms with van der Waals surface area (Å²) in [6.45, 7) is 5.24. The predicted molar refractivity (Wildman–Crippen MR) is 97.8 cm³/mol. The smallest absolute Gasteiger partial charge is 0.321 e. The van der Waals surface area contributed by atoms with Gasteiger partial charge in [0.15, 0.2) is 0 Å². The lowest BCUT2D eigenvalue weighted by Crippen LogP contribution is -2.44. The van der Waals surface area contributed by atoms with Gasteiger partial charge in [0, 0.05) is 42.3 Å². The van der Waals surface area contributed by atoms with Crippen LogP contribution < -0.4 is 11.1 Å². The van der Waals surface area contributed by atoms with Gasteiger partial charge < -0.3 is 16.0 Å². The number of nitrogens with two attached hydrogens (primary N) is 1. The molecule has 3 N–H and O–H groups in total. The van der Waals surface area contributed by atoms with E-state index in [0.29, 0.717) is 5.92 Å². The Morgan fingerprint density at radius 3 is 2.96 bits per heavy atom. The zero-order valence-corrected chi connectivity index (χ0v) is 13.8. The number of amides is 2. The third-order valence-corrected chi connectivity index (χ3v) is 4.79. The third-order valence-electron chi connectivity index (χ3n) is 4.79. The van der Waals surface area contributed by atoms with Gasteiger partial charge in [-0.2, -0.15) is 0 Å². The fraction of sp³-hybridized carbons (Fsp3) is 0.368. The Morgan fingerprint density at radius 2 is 2.21 bits per heavy atom. The molecule has 1 aromatic carbocycles. The van der Waals surface area contributed by atoms with Gasteiger partial charge in [-0.15, -0.1) is 6.58 Å². The number of urea groups is 1. The standard InChI is InChI=1S/C19H24N4O/c1-2-4-17(20)14-8-11-23(12-9-14)19(24)22-18-6-3-5-15-13-21-10-7-16(15)18/h2-3,5-7,10,13-14,17H,1,4,8-9,11-12,20H2,(H,22,24). The first-order valence-corrected chi connectivity index (χ1v) is 8.44. The van der Waals surface area contributed by atoms with Crippen LogP contribution in [0.4, 0.5) is 10.5 Å². The second kappa shape index (κ2) is 7.45. The Balaban J connectivity index is 1.63. The Hall–Kier alpha value is -2.40.